The SMILES string of the molecule is CCc1cccc2c3c(n(C(=O)C(C)(N=O)C(C)=O)c12)C(CC)(CC(=O)O)CCC3. The van der Waals surface area contributed by atoms with Crippen LogP contribution in [0, 0.1) is 4.91 Å². The first kappa shape index (κ1) is 21.9. The average Bonchev–Trinajstić information content (AvgIpc) is 3.07. The molecule has 2 atom stereocenters. The van der Waals surface area contributed by atoms with Crippen molar-refractivity contribution in [1.29, 1.82) is 0 Å². The minimum Gasteiger partial charge on any atom is -0.481 e. The van der Waals surface area contributed by atoms with Crippen LogP contribution in [0.15, 0.2) is 23.4 Å². The maximum Gasteiger partial charge on any atom is 0.304 e. The summed E-state index contributed by atoms with van der Waals surface area (Å²) in [4.78, 5) is 49.5. The van der Waals surface area contributed by atoms with Crippen LogP contribution in [0.4, 0.5) is 0 Å². The summed E-state index contributed by atoms with van der Waals surface area (Å²) in [5.41, 5.74) is 0.333. The number of ketones is 1. The molecule has 0 saturated carbocycles. The molecule has 1 N–H and O–H groups in total. The van der Waals surface area contributed by atoms with Crippen LogP contribution >= 0.6 is 0 Å². The highest BCUT2D eigenvalue weighted by Crippen LogP contribution is 2.47. The van der Waals surface area contributed by atoms with Crippen LogP contribution in [0.3, 0.4) is 0 Å². The molecule has 0 amide bonds. The summed E-state index contributed by atoms with van der Waals surface area (Å²) in [5.74, 6) is -2.28. The molecule has 0 saturated heterocycles. The fourth-order valence-corrected chi connectivity index (χ4v) is 4.90. The maximum atomic E-state index is 13.7. The van der Waals surface area contributed by atoms with E-state index in [1.807, 2.05) is 32.0 Å². The smallest absolute Gasteiger partial charge is 0.304 e. The summed E-state index contributed by atoms with van der Waals surface area (Å²) >= 11 is 0. The normalized spacial score (nSPS) is 20.4. The number of carboxylic acid groups (broad SMARTS) is 1. The largest absolute Gasteiger partial charge is 0.481 e. The van der Waals surface area contributed by atoms with Crippen molar-refractivity contribution in [2.75, 3.05) is 0 Å². The number of nitrogens with zero attached hydrogens (tertiary/aromatic N) is 2. The van der Waals surface area contributed by atoms with E-state index in [1.165, 1.54) is 18.4 Å². The topological polar surface area (TPSA) is 106 Å². The zero-order valence-corrected chi connectivity index (χ0v) is 17.9. The van der Waals surface area contributed by atoms with E-state index in [9.17, 15) is 24.4 Å². The standard InChI is InChI=1S/C23H28N2O5/c1-5-15-9-7-10-16-17-11-8-12-23(6-2,13-18(27)28)20(17)25(19(15)16)21(29)22(4,24-30)14(3)26/h7,9-10H,5-6,8,11-13H2,1-4H3,(H,27,28). The van der Waals surface area contributed by atoms with E-state index in [4.69, 9.17) is 0 Å². The van der Waals surface area contributed by atoms with Crippen LogP contribution in [-0.2, 0) is 27.8 Å². The molecule has 0 aliphatic heterocycles. The van der Waals surface area contributed by atoms with Crippen molar-refractivity contribution < 1.29 is 19.5 Å². The van der Waals surface area contributed by atoms with Gasteiger partial charge in [0.1, 0.15) is 0 Å². The molecular weight excluding hydrogens is 384 g/mol. The second kappa shape index (κ2) is 7.78. The second-order valence-electron chi connectivity index (χ2n) is 8.41. The molecule has 7 nitrogen and oxygen atoms in total. The lowest BCUT2D eigenvalue weighted by Crippen LogP contribution is -2.46. The fourth-order valence-electron chi connectivity index (χ4n) is 4.90. The Kier molecular flexibility index (Phi) is 5.67. The summed E-state index contributed by atoms with van der Waals surface area (Å²) in [6.45, 7) is 6.32. The number of para-hydroxylation sites is 1. The number of aromatic nitrogens is 1. The summed E-state index contributed by atoms with van der Waals surface area (Å²) in [5, 5.41) is 13.5. The molecule has 1 aromatic carbocycles. The van der Waals surface area contributed by atoms with E-state index in [0.717, 1.165) is 22.9 Å². The minimum absolute atomic E-state index is 0.118. The molecule has 1 aliphatic rings. The molecule has 0 bridgehead atoms. The first-order valence-corrected chi connectivity index (χ1v) is 10.4. The Morgan fingerprint density at radius 1 is 1.27 bits per heavy atom. The molecular formula is C23H28N2O5. The predicted molar refractivity (Wildman–Crippen MR) is 114 cm³/mol. The number of hydrogen-bond acceptors (Lipinski definition) is 5. The lowest BCUT2D eigenvalue weighted by Gasteiger charge is -2.37. The van der Waals surface area contributed by atoms with Gasteiger partial charge >= 0.3 is 5.97 Å². The van der Waals surface area contributed by atoms with Crippen molar-refractivity contribution in [1.82, 2.24) is 4.57 Å². The zero-order chi connectivity index (χ0) is 22.3. The number of carboxylic acids is 1. The van der Waals surface area contributed by atoms with E-state index < -0.39 is 28.6 Å². The van der Waals surface area contributed by atoms with Crippen molar-refractivity contribution in [2.24, 2.45) is 5.18 Å². The summed E-state index contributed by atoms with van der Waals surface area (Å²) in [6.07, 6.45) is 3.21. The van der Waals surface area contributed by atoms with Gasteiger partial charge < -0.3 is 5.11 Å². The van der Waals surface area contributed by atoms with E-state index in [1.54, 1.807) is 0 Å². The number of benzene rings is 1. The van der Waals surface area contributed by atoms with Gasteiger partial charge in [-0.1, -0.05) is 32.0 Å². The van der Waals surface area contributed by atoms with E-state index >= 15 is 0 Å². The number of nitroso groups, excluding NO2 is 1. The molecule has 1 heterocycles. The third-order valence-electron chi connectivity index (χ3n) is 6.80. The van der Waals surface area contributed by atoms with Crippen molar-refractivity contribution in [2.45, 2.75) is 77.2 Å². The van der Waals surface area contributed by atoms with Crippen LogP contribution in [0.25, 0.3) is 10.9 Å². The number of rotatable bonds is 7. The molecule has 7 heteroatoms. The van der Waals surface area contributed by atoms with Gasteiger partial charge in [0, 0.05) is 16.5 Å². The molecule has 1 aromatic heterocycles. The predicted octanol–water partition coefficient (Wildman–Crippen LogP) is 4.42. The quantitative estimate of drug-likeness (QED) is 0.535. The first-order valence-electron chi connectivity index (χ1n) is 10.4. The number of Topliss-reactive ketones (excluding diaryl/α,β-unsaturated/α-hetero) is 1. The van der Waals surface area contributed by atoms with Crippen molar-refractivity contribution >= 4 is 28.6 Å². The van der Waals surface area contributed by atoms with Gasteiger partial charge in [-0.2, -0.15) is 0 Å². The van der Waals surface area contributed by atoms with E-state index in [-0.39, 0.29) is 6.42 Å². The van der Waals surface area contributed by atoms with E-state index in [0.29, 0.717) is 36.9 Å². The fraction of sp³-hybridized carbons (Fsp3) is 0.522. The number of carbonyl (C=O) groups excluding carboxylic acids is 2. The summed E-state index contributed by atoms with van der Waals surface area (Å²) in [7, 11) is 0. The summed E-state index contributed by atoms with van der Waals surface area (Å²) < 4.78 is 1.47. The molecule has 30 heavy (non-hydrogen) atoms. The maximum absolute atomic E-state index is 13.7. The van der Waals surface area contributed by atoms with Crippen LogP contribution in [0.5, 0.6) is 0 Å². The first-order chi connectivity index (χ1) is 14.2. The van der Waals surface area contributed by atoms with Crippen molar-refractivity contribution in [3.63, 3.8) is 0 Å². The Hall–Kier alpha value is -2.83. The Bertz CT molecular complexity index is 1050. The minimum atomic E-state index is -2.07. The third-order valence-corrected chi connectivity index (χ3v) is 6.80. The van der Waals surface area contributed by atoms with E-state index in [2.05, 4.69) is 5.18 Å². The van der Waals surface area contributed by atoms with Gasteiger partial charge in [-0.3, -0.25) is 19.0 Å². The molecule has 2 unspecified atom stereocenters. The lowest BCUT2D eigenvalue weighted by molar-refractivity contribution is -0.138. The number of carbonyl (C=O) groups is 3. The van der Waals surface area contributed by atoms with Gasteiger partial charge in [-0.05, 0) is 62.3 Å². The highest BCUT2D eigenvalue weighted by molar-refractivity contribution is 6.14. The van der Waals surface area contributed by atoms with Gasteiger partial charge in [0.05, 0.1) is 11.9 Å². The Morgan fingerprint density at radius 2 is 1.97 bits per heavy atom. The lowest BCUT2D eigenvalue weighted by atomic mass is 9.69. The molecule has 0 radical (unpaired) electrons. The van der Waals surface area contributed by atoms with Gasteiger partial charge in [-0.15, -0.1) is 4.91 Å². The summed E-state index contributed by atoms with van der Waals surface area (Å²) in [6, 6.07) is 5.78. The van der Waals surface area contributed by atoms with Crippen LogP contribution in [-0.4, -0.2) is 32.9 Å². The number of fused-ring (bicyclic) bond motifs is 3. The average molecular weight is 412 g/mol. The Balaban J connectivity index is 2.49. The highest BCUT2D eigenvalue weighted by Gasteiger charge is 2.48. The highest BCUT2D eigenvalue weighted by atomic mass is 16.4. The molecule has 160 valence electrons. The monoisotopic (exact) mass is 412 g/mol. The van der Waals surface area contributed by atoms with Gasteiger partial charge in [-0.25, -0.2) is 0 Å². The Morgan fingerprint density at radius 3 is 2.50 bits per heavy atom. The Labute approximate surface area is 175 Å². The molecule has 0 fully saturated rings. The molecule has 3 rings (SSSR count). The van der Waals surface area contributed by atoms with Crippen LogP contribution < -0.4 is 0 Å². The number of hydrogen-bond donors (Lipinski definition) is 1. The molecule has 1 aliphatic carbocycles. The number of aliphatic carboxylic acids is 1. The third kappa shape index (κ3) is 3.07. The number of aryl methyl sites for hydroxylation is 2. The van der Waals surface area contributed by atoms with Gasteiger partial charge in [0.15, 0.2) is 5.78 Å². The van der Waals surface area contributed by atoms with Crippen molar-refractivity contribution in [3.8, 4) is 0 Å². The van der Waals surface area contributed by atoms with Crippen LogP contribution in [0.1, 0.15) is 75.0 Å². The second-order valence-corrected chi connectivity index (χ2v) is 8.41. The molecule has 2 aromatic rings. The van der Waals surface area contributed by atoms with Crippen LogP contribution in [0.2, 0.25) is 0 Å². The zero-order valence-electron chi connectivity index (χ0n) is 17.9. The van der Waals surface area contributed by atoms with Gasteiger partial charge in [0.25, 0.3) is 5.91 Å². The van der Waals surface area contributed by atoms with Gasteiger partial charge in [0.2, 0.25) is 5.54 Å². The van der Waals surface area contributed by atoms with Crippen molar-refractivity contribution in [3.05, 3.63) is 39.9 Å². The molecule has 0 spiro atoms.